The number of rotatable bonds is 12. The Morgan fingerprint density at radius 1 is 1.29 bits per heavy atom. The Hall–Kier alpha value is -2.95. The molecule has 1 saturated carbocycles. The van der Waals surface area contributed by atoms with Crippen molar-refractivity contribution < 1.29 is 14.6 Å². The fourth-order valence-corrected chi connectivity index (χ4v) is 5.98. The van der Waals surface area contributed by atoms with E-state index >= 15 is 0 Å². The molecule has 1 spiro atoms. The number of nitrogen functional groups attached to an aromatic ring is 1. The highest BCUT2D eigenvalue weighted by molar-refractivity contribution is 5.86. The molecule has 2 aromatic heterocycles. The molecular weight excluding hydrogens is 482 g/mol. The van der Waals surface area contributed by atoms with Crippen LogP contribution in [0.3, 0.4) is 0 Å². The molecule has 0 bridgehead atoms. The number of benzene rings is 1. The largest absolute Gasteiger partial charge is 0.496 e. The molecule has 1 aromatic carbocycles. The van der Waals surface area contributed by atoms with Crippen molar-refractivity contribution in [3.05, 3.63) is 35.5 Å². The van der Waals surface area contributed by atoms with Crippen molar-refractivity contribution >= 4 is 22.8 Å². The lowest BCUT2D eigenvalue weighted by molar-refractivity contribution is -0.0780. The van der Waals surface area contributed by atoms with E-state index in [4.69, 9.17) is 15.2 Å². The van der Waals surface area contributed by atoms with E-state index in [1.807, 2.05) is 4.68 Å². The third-order valence-electron chi connectivity index (χ3n) is 8.21. The van der Waals surface area contributed by atoms with Crippen LogP contribution in [0.4, 0.5) is 11.8 Å². The quantitative estimate of drug-likeness (QED) is 0.282. The molecule has 5 rings (SSSR count). The van der Waals surface area contributed by atoms with Crippen molar-refractivity contribution in [3.8, 4) is 5.75 Å². The maximum atomic E-state index is 9.51. The number of nitrogens with two attached hydrogens (primary N) is 1. The van der Waals surface area contributed by atoms with Crippen molar-refractivity contribution in [1.29, 1.82) is 0 Å². The number of hydrogen-bond acceptors (Lipinski definition) is 9. The van der Waals surface area contributed by atoms with Gasteiger partial charge in [-0.25, -0.2) is 4.98 Å². The van der Waals surface area contributed by atoms with E-state index in [2.05, 4.69) is 50.8 Å². The van der Waals surface area contributed by atoms with Gasteiger partial charge in [0, 0.05) is 42.8 Å². The number of anilines is 2. The number of aliphatic hydroxyl groups excluding tert-OH is 1. The SMILES string of the molecule is CCC[C@@H](CCO)Nc1nc(N)nc2cnn(Cc3ccc(CNC4CCOCC45CCC5)cc3OC)c12. The maximum Gasteiger partial charge on any atom is 0.222 e. The number of fused-ring (bicyclic) bond motifs is 1. The molecule has 1 saturated heterocycles. The molecule has 1 unspecified atom stereocenters. The van der Waals surface area contributed by atoms with Crippen molar-refractivity contribution in [2.45, 2.75) is 77.0 Å². The summed E-state index contributed by atoms with van der Waals surface area (Å²) >= 11 is 0. The van der Waals surface area contributed by atoms with Crippen LogP contribution in [-0.2, 0) is 17.8 Å². The summed E-state index contributed by atoms with van der Waals surface area (Å²) < 4.78 is 13.5. The van der Waals surface area contributed by atoms with Gasteiger partial charge in [0.25, 0.3) is 0 Å². The molecule has 3 aromatic rings. The van der Waals surface area contributed by atoms with Gasteiger partial charge in [0.2, 0.25) is 5.95 Å². The minimum Gasteiger partial charge on any atom is -0.496 e. The fourth-order valence-electron chi connectivity index (χ4n) is 5.98. The van der Waals surface area contributed by atoms with Crippen LogP contribution in [0.2, 0.25) is 0 Å². The van der Waals surface area contributed by atoms with E-state index in [-0.39, 0.29) is 18.6 Å². The summed E-state index contributed by atoms with van der Waals surface area (Å²) in [7, 11) is 1.71. The molecule has 5 N–H and O–H groups in total. The first-order valence-electron chi connectivity index (χ1n) is 13.9. The van der Waals surface area contributed by atoms with Crippen LogP contribution in [0.25, 0.3) is 11.0 Å². The van der Waals surface area contributed by atoms with Crippen molar-refractivity contribution in [2.24, 2.45) is 5.41 Å². The van der Waals surface area contributed by atoms with Gasteiger partial charge < -0.3 is 30.9 Å². The first kappa shape index (κ1) is 26.6. The Bertz CT molecular complexity index is 1220. The van der Waals surface area contributed by atoms with Crippen LogP contribution in [0.1, 0.15) is 63.0 Å². The Morgan fingerprint density at radius 2 is 2.16 bits per heavy atom. The van der Waals surface area contributed by atoms with Crippen molar-refractivity contribution in [3.63, 3.8) is 0 Å². The van der Waals surface area contributed by atoms with Crippen molar-refractivity contribution in [2.75, 3.05) is 38.0 Å². The zero-order valence-corrected chi connectivity index (χ0v) is 22.6. The summed E-state index contributed by atoms with van der Waals surface area (Å²) in [6.45, 7) is 5.26. The van der Waals surface area contributed by atoms with Crippen LogP contribution in [0.15, 0.2) is 24.4 Å². The number of hydrogen-bond donors (Lipinski definition) is 4. The molecule has 2 fully saturated rings. The predicted molar refractivity (Wildman–Crippen MR) is 148 cm³/mol. The first-order chi connectivity index (χ1) is 18.5. The third-order valence-corrected chi connectivity index (χ3v) is 8.21. The zero-order chi connectivity index (χ0) is 26.5. The highest BCUT2D eigenvalue weighted by atomic mass is 16.5. The topological polar surface area (TPSA) is 132 Å². The van der Waals surface area contributed by atoms with Gasteiger partial charge >= 0.3 is 0 Å². The lowest BCUT2D eigenvalue weighted by Gasteiger charge is -2.50. The summed E-state index contributed by atoms with van der Waals surface area (Å²) in [5.41, 5.74) is 10.0. The van der Waals surface area contributed by atoms with E-state index in [0.29, 0.717) is 35.8 Å². The molecule has 206 valence electrons. The lowest BCUT2D eigenvalue weighted by Crippen LogP contribution is -2.55. The summed E-state index contributed by atoms with van der Waals surface area (Å²) in [6, 6.07) is 6.99. The third kappa shape index (κ3) is 5.57. The van der Waals surface area contributed by atoms with Gasteiger partial charge in [0.15, 0.2) is 5.82 Å². The second-order valence-corrected chi connectivity index (χ2v) is 10.7. The fraction of sp³-hybridized carbons (Fsp3) is 0.607. The lowest BCUT2D eigenvalue weighted by atomic mass is 9.63. The Labute approximate surface area is 224 Å². The van der Waals surface area contributed by atoms with Crippen LogP contribution < -0.4 is 21.1 Å². The highest BCUT2D eigenvalue weighted by Gasteiger charge is 2.45. The Kier molecular flexibility index (Phi) is 8.30. The standard InChI is InChI=1S/C28H41N7O3/c1-3-5-21(8-12-36)32-26-25-22(33-27(29)34-26)16-31-35(25)17-20-7-6-19(14-23(20)37-2)15-30-24-9-13-38-18-28(24)10-4-11-28/h6-7,14,16,21,24,30,36H,3-5,8-13,15,17-18H2,1-2H3,(H3,29,32,33,34)/t21-,24?/m0/s1. The van der Waals surface area contributed by atoms with Gasteiger partial charge in [-0.15, -0.1) is 0 Å². The van der Waals surface area contributed by atoms with E-state index in [1.54, 1.807) is 13.3 Å². The van der Waals surface area contributed by atoms with Gasteiger partial charge in [-0.1, -0.05) is 31.9 Å². The second kappa shape index (κ2) is 11.8. The number of methoxy groups -OCH3 is 1. The molecule has 1 aliphatic carbocycles. The molecule has 10 heteroatoms. The number of aromatic nitrogens is 4. The Balaban J connectivity index is 1.34. The molecule has 38 heavy (non-hydrogen) atoms. The average Bonchev–Trinajstić information content (AvgIpc) is 3.30. The molecular formula is C28H41N7O3. The Morgan fingerprint density at radius 3 is 2.89 bits per heavy atom. The monoisotopic (exact) mass is 523 g/mol. The van der Waals surface area contributed by atoms with Crippen LogP contribution >= 0.6 is 0 Å². The van der Waals surface area contributed by atoms with Crippen LogP contribution in [-0.4, -0.2) is 63.9 Å². The maximum absolute atomic E-state index is 9.51. The molecule has 0 radical (unpaired) electrons. The highest BCUT2D eigenvalue weighted by Crippen LogP contribution is 2.47. The van der Waals surface area contributed by atoms with E-state index in [0.717, 1.165) is 55.9 Å². The van der Waals surface area contributed by atoms with Gasteiger partial charge in [-0.3, -0.25) is 4.68 Å². The van der Waals surface area contributed by atoms with Crippen LogP contribution in [0.5, 0.6) is 5.75 Å². The second-order valence-electron chi connectivity index (χ2n) is 10.7. The van der Waals surface area contributed by atoms with Crippen LogP contribution in [0, 0.1) is 5.41 Å². The van der Waals surface area contributed by atoms with Gasteiger partial charge in [-0.2, -0.15) is 10.1 Å². The zero-order valence-electron chi connectivity index (χ0n) is 22.6. The summed E-state index contributed by atoms with van der Waals surface area (Å²) in [6.07, 6.45) is 9.16. The number of nitrogens with one attached hydrogen (secondary N) is 2. The molecule has 1 aliphatic heterocycles. The summed E-state index contributed by atoms with van der Waals surface area (Å²) in [4.78, 5) is 8.89. The van der Waals surface area contributed by atoms with Gasteiger partial charge in [0.05, 0.1) is 26.5 Å². The van der Waals surface area contributed by atoms with E-state index < -0.39 is 0 Å². The number of nitrogens with zero attached hydrogens (tertiary/aromatic N) is 4. The van der Waals surface area contributed by atoms with Gasteiger partial charge in [0.1, 0.15) is 16.8 Å². The molecule has 3 heterocycles. The normalized spacial score (nSPS) is 19.4. The van der Waals surface area contributed by atoms with E-state index in [9.17, 15) is 5.11 Å². The minimum atomic E-state index is 0.0852. The number of aliphatic hydroxyl groups is 1. The molecule has 10 nitrogen and oxygen atoms in total. The molecule has 2 aliphatic rings. The summed E-state index contributed by atoms with van der Waals surface area (Å²) in [5.74, 6) is 1.66. The minimum absolute atomic E-state index is 0.0852. The number of ether oxygens (including phenoxy) is 2. The summed E-state index contributed by atoms with van der Waals surface area (Å²) in [5, 5.41) is 21.4. The smallest absolute Gasteiger partial charge is 0.222 e. The van der Waals surface area contributed by atoms with E-state index in [1.165, 1.54) is 24.8 Å². The first-order valence-corrected chi connectivity index (χ1v) is 13.9. The van der Waals surface area contributed by atoms with Gasteiger partial charge in [-0.05, 0) is 43.7 Å². The predicted octanol–water partition coefficient (Wildman–Crippen LogP) is 3.48. The van der Waals surface area contributed by atoms with Crippen molar-refractivity contribution in [1.82, 2.24) is 25.1 Å². The average molecular weight is 524 g/mol. The molecule has 0 amide bonds. The molecule has 2 atom stereocenters.